The van der Waals surface area contributed by atoms with E-state index in [9.17, 15) is 0 Å². The summed E-state index contributed by atoms with van der Waals surface area (Å²) in [6, 6.07) is 0.707. The molecule has 0 spiro atoms. The summed E-state index contributed by atoms with van der Waals surface area (Å²) in [7, 11) is 0. The predicted molar refractivity (Wildman–Crippen MR) is 60.2 cm³/mol. The Kier molecular flexibility index (Phi) is 2.64. The SMILES string of the molecule is Cc1noc(Cn2cnc(CNC3CC3)c2)n1. The van der Waals surface area contributed by atoms with E-state index < -0.39 is 0 Å². The molecule has 0 amide bonds. The molecule has 0 aromatic carbocycles. The van der Waals surface area contributed by atoms with Crippen LogP contribution in [0.4, 0.5) is 0 Å². The molecule has 6 heteroatoms. The van der Waals surface area contributed by atoms with Crippen molar-refractivity contribution in [2.45, 2.75) is 38.9 Å². The molecule has 2 heterocycles. The quantitative estimate of drug-likeness (QED) is 0.830. The Morgan fingerprint density at radius 2 is 2.41 bits per heavy atom. The maximum Gasteiger partial charge on any atom is 0.246 e. The largest absolute Gasteiger partial charge is 0.337 e. The highest BCUT2D eigenvalue weighted by atomic mass is 16.5. The van der Waals surface area contributed by atoms with Crippen LogP contribution in [0.15, 0.2) is 17.0 Å². The molecule has 6 nitrogen and oxygen atoms in total. The van der Waals surface area contributed by atoms with E-state index in [1.165, 1.54) is 12.8 Å². The molecule has 0 aliphatic heterocycles. The average Bonchev–Trinajstić information content (AvgIpc) is 2.90. The molecule has 0 unspecified atom stereocenters. The van der Waals surface area contributed by atoms with Crippen LogP contribution < -0.4 is 5.32 Å². The molecule has 90 valence electrons. The Morgan fingerprint density at radius 1 is 1.53 bits per heavy atom. The van der Waals surface area contributed by atoms with Gasteiger partial charge in [-0.15, -0.1) is 0 Å². The summed E-state index contributed by atoms with van der Waals surface area (Å²) in [6.07, 6.45) is 6.39. The molecule has 0 bridgehead atoms. The van der Waals surface area contributed by atoms with Gasteiger partial charge in [0.2, 0.25) is 5.89 Å². The van der Waals surface area contributed by atoms with Crippen LogP contribution in [0.25, 0.3) is 0 Å². The second-order valence-corrected chi connectivity index (χ2v) is 4.43. The molecule has 2 aromatic rings. The lowest BCUT2D eigenvalue weighted by Crippen LogP contribution is -2.15. The first-order valence-electron chi connectivity index (χ1n) is 5.83. The normalized spacial score (nSPS) is 15.4. The first kappa shape index (κ1) is 10.5. The van der Waals surface area contributed by atoms with Crippen LogP contribution in [-0.4, -0.2) is 25.7 Å². The third-order valence-electron chi connectivity index (χ3n) is 2.72. The smallest absolute Gasteiger partial charge is 0.246 e. The second kappa shape index (κ2) is 4.29. The number of aryl methyl sites for hydroxylation is 1. The zero-order valence-corrected chi connectivity index (χ0v) is 9.76. The minimum absolute atomic E-state index is 0.581. The summed E-state index contributed by atoms with van der Waals surface area (Å²) in [4.78, 5) is 8.49. The highest BCUT2D eigenvalue weighted by Crippen LogP contribution is 2.18. The van der Waals surface area contributed by atoms with Crippen molar-refractivity contribution in [1.82, 2.24) is 25.0 Å². The lowest BCUT2D eigenvalue weighted by molar-refractivity contribution is 0.367. The molecule has 0 radical (unpaired) electrons. The number of imidazole rings is 1. The van der Waals surface area contributed by atoms with E-state index in [2.05, 4.69) is 20.4 Å². The highest BCUT2D eigenvalue weighted by Gasteiger charge is 2.20. The Hall–Kier alpha value is -1.69. The standard InChI is InChI=1S/C11H15N5O/c1-8-14-11(17-15-8)6-16-5-10(13-7-16)4-12-9-2-3-9/h5,7,9,12H,2-4,6H2,1H3. The predicted octanol–water partition coefficient (Wildman–Crippen LogP) is 0.875. The summed E-state index contributed by atoms with van der Waals surface area (Å²) in [5, 5.41) is 7.18. The number of nitrogens with zero attached hydrogens (tertiary/aromatic N) is 4. The Morgan fingerprint density at radius 3 is 3.12 bits per heavy atom. The van der Waals surface area contributed by atoms with Crippen molar-refractivity contribution in [3.8, 4) is 0 Å². The lowest BCUT2D eigenvalue weighted by atomic mass is 10.4. The van der Waals surface area contributed by atoms with Gasteiger partial charge in [0.1, 0.15) is 6.54 Å². The summed E-state index contributed by atoms with van der Waals surface area (Å²) in [5.74, 6) is 1.28. The van der Waals surface area contributed by atoms with Crippen LogP contribution in [0.1, 0.15) is 30.3 Å². The fourth-order valence-corrected chi connectivity index (χ4v) is 1.68. The van der Waals surface area contributed by atoms with Crippen molar-refractivity contribution in [3.05, 3.63) is 29.9 Å². The van der Waals surface area contributed by atoms with Crippen LogP contribution in [0.2, 0.25) is 0 Å². The third-order valence-corrected chi connectivity index (χ3v) is 2.72. The first-order chi connectivity index (χ1) is 8.29. The molecule has 1 aliphatic carbocycles. The van der Waals surface area contributed by atoms with Gasteiger partial charge < -0.3 is 14.4 Å². The number of rotatable bonds is 5. The molecule has 3 rings (SSSR count). The zero-order chi connectivity index (χ0) is 11.7. The van der Waals surface area contributed by atoms with Crippen LogP contribution in [-0.2, 0) is 13.1 Å². The van der Waals surface area contributed by atoms with Crippen LogP contribution in [0.5, 0.6) is 0 Å². The average molecular weight is 233 g/mol. The molecule has 1 aliphatic rings. The summed E-state index contributed by atoms with van der Waals surface area (Å²) >= 11 is 0. The number of hydrogen-bond donors (Lipinski definition) is 1. The van der Waals surface area contributed by atoms with E-state index in [1.54, 1.807) is 6.33 Å². The van der Waals surface area contributed by atoms with Crippen molar-refractivity contribution in [2.24, 2.45) is 0 Å². The van der Waals surface area contributed by atoms with E-state index in [0.717, 1.165) is 12.2 Å². The fraction of sp³-hybridized carbons (Fsp3) is 0.545. The zero-order valence-electron chi connectivity index (χ0n) is 9.76. The van der Waals surface area contributed by atoms with Crippen molar-refractivity contribution >= 4 is 0 Å². The van der Waals surface area contributed by atoms with Gasteiger partial charge >= 0.3 is 0 Å². The Labute approximate surface area is 99.0 Å². The molecule has 1 fully saturated rings. The lowest BCUT2D eigenvalue weighted by Gasteiger charge is -1.97. The maximum atomic E-state index is 5.06. The van der Waals surface area contributed by atoms with Gasteiger partial charge in [-0.3, -0.25) is 0 Å². The summed E-state index contributed by atoms with van der Waals surface area (Å²) < 4.78 is 7.02. The molecule has 0 saturated heterocycles. The van der Waals surface area contributed by atoms with Crippen LogP contribution >= 0.6 is 0 Å². The molecular formula is C11H15N5O. The van der Waals surface area contributed by atoms with Crippen LogP contribution in [0.3, 0.4) is 0 Å². The second-order valence-electron chi connectivity index (χ2n) is 4.43. The molecular weight excluding hydrogens is 218 g/mol. The summed E-state index contributed by atoms with van der Waals surface area (Å²) in [6.45, 7) is 3.23. The van der Waals surface area contributed by atoms with E-state index in [0.29, 0.717) is 24.3 Å². The van der Waals surface area contributed by atoms with E-state index in [4.69, 9.17) is 4.52 Å². The Bertz CT molecular complexity index is 499. The maximum absolute atomic E-state index is 5.06. The fourth-order valence-electron chi connectivity index (χ4n) is 1.68. The van der Waals surface area contributed by atoms with Gasteiger partial charge in [0, 0.05) is 18.8 Å². The molecule has 0 atom stereocenters. The number of hydrogen-bond acceptors (Lipinski definition) is 5. The molecule has 1 saturated carbocycles. The minimum atomic E-state index is 0.581. The minimum Gasteiger partial charge on any atom is -0.337 e. The number of nitrogens with one attached hydrogen (secondary N) is 1. The number of aromatic nitrogens is 4. The Balaban J connectivity index is 1.59. The van der Waals surface area contributed by atoms with Gasteiger partial charge in [0.15, 0.2) is 5.82 Å². The molecule has 1 N–H and O–H groups in total. The molecule has 17 heavy (non-hydrogen) atoms. The van der Waals surface area contributed by atoms with E-state index in [1.807, 2.05) is 17.7 Å². The van der Waals surface area contributed by atoms with Gasteiger partial charge in [0.25, 0.3) is 0 Å². The first-order valence-corrected chi connectivity index (χ1v) is 5.83. The third kappa shape index (κ3) is 2.71. The van der Waals surface area contributed by atoms with Gasteiger partial charge in [-0.25, -0.2) is 4.98 Å². The van der Waals surface area contributed by atoms with Gasteiger partial charge in [0.05, 0.1) is 12.0 Å². The van der Waals surface area contributed by atoms with Gasteiger partial charge in [-0.2, -0.15) is 4.98 Å². The van der Waals surface area contributed by atoms with Gasteiger partial charge in [-0.05, 0) is 19.8 Å². The van der Waals surface area contributed by atoms with Crippen molar-refractivity contribution in [2.75, 3.05) is 0 Å². The van der Waals surface area contributed by atoms with E-state index >= 15 is 0 Å². The highest BCUT2D eigenvalue weighted by molar-refractivity contribution is 4.99. The monoisotopic (exact) mass is 233 g/mol. The molecule has 2 aromatic heterocycles. The van der Waals surface area contributed by atoms with E-state index in [-0.39, 0.29) is 0 Å². The van der Waals surface area contributed by atoms with Crippen molar-refractivity contribution in [1.29, 1.82) is 0 Å². The van der Waals surface area contributed by atoms with Crippen molar-refractivity contribution < 1.29 is 4.52 Å². The van der Waals surface area contributed by atoms with Crippen LogP contribution in [0, 0.1) is 6.92 Å². The topological polar surface area (TPSA) is 68.8 Å². The summed E-state index contributed by atoms with van der Waals surface area (Å²) in [5.41, 5.74) is 1.05. The van der Waals surface area contributed by atoms with Gasteiger partial charge in [-0.1, -0.05) is 5.16 Å². The van der Waals surface area contributed by atoms with Crippen molar-refractivity contribution in [3.63, 3.8) is 0 Å².